The predicted molar refractivity (Wildman–Crippen MR) is 142 cm³/mol. The minimum Gasteiger partial charge on any atom is -0.397 e. The largest absolute Gasteiger partial charge is 0.397 e. The average molecular weight is 511 g/mol. The summed E-state index contributed by atoms with van der Waals surface area (Å²) in [5.41, 5.74) is 9.75. The number of hydrogen-bond acceptors (Lipinski definition) is 8. The molecule has 1 amide bonds. The lowest BCUT2D eigenvalue weighted by Gasteiger charge is -2.25. The molecule has 10 nitrogen and oxygen atoms in total. The molecule has 1 aliphatic heterocycles. The zero-order valence-electron chi connectivity index (χ0n) is 22.0. The monoisotopic (exact) mass is 510 g/mol. The first-order chi connectivity index (χ1) is 17.6. The van der Waals surface area contributed by atoms with Crippen molar-refractivity contribution in [3.05, 3.63) is 54.0 Å². The van der Waals surface area contributed by atoms with E-state index in [9.17, 15) is 15.0 Å². The summed E-state index contributed by atoms with van der Waals surface area (Å²) in [5, 5.41) is 24.4. The van der Waals surface area contributed by atoms with E-state index < -0.39 is 24.5 Å². The number of carbonyl (C=O) groups is 1. The van der Waals surface area contributed by atoms with Crippen molar-refractivity contribution in [1.29, 1.82) is 0 Å². The van der Waals surface area contributed by atoms with Gasteiger partial charge in [-0.1, -0.05) is 52.0 Å². The number of fused-ring (bicyclic) bond motifs is 1. The Labute approximate surface area is 217 Å². The Morgan fingerprint density at radius 2 is 1.89 bits per heavy atom. The quantitative estimate of drug-likeness (QED) is 0.341. The average Bonchev–Trinajstić information content (AvgIpc) is 3.40. The lowest BCUT2D eigenvalue weighted by molar-refractivity contribution is -0.120. The fourth-order valence-corrected chi connectivity index (χ4v) is 4.61. The zero-order chi connectivity index (χ0) is 26.7. The van der Waals surface area contributed by atoms with Gasteiger partial charge in [0.15, 0.2) is 11.9 Å². The van der Waals surface area contributed by atoms with Crippen molar-refractivity contribution in [2.75, 3.05) is 31.9 Å². The maximum Gasteiger partial charge on any atom is 0.224 e. The summed E-state index contributed by atoms with van der Waals surface area (Å²) in [7, 11) is 0. The zero-order valence-corrected chi connectivity index (χ0v) is 22.0. The van der Waals surface area contributed by atoms with Crippen molar-refractivity contribution in [2.24, 2.45) is 0 Å². The van der Waals surface area contributed by atoms with E-state index >= 15 is 0 Å². The first-order valence-corrected chi connectivity index (χ1v) is 12.8. The minimum absolute atomic E-state index is 0.0361. The summed E-state index contributed by atoms with van der Waals surface area (Å²) in [5.74, 6) is -0.0361. The van der Waals surface area contributed by atoms with Gasteiger partial charge in [0.2, 0.25) is 5.91 Å². The number of likely N-dealkylation sites (N-methyl/N-ethyl adjacent to an activating group) is 1. The molecule has 0 aliphatic carbocycles. The number of nitrogen functional groups attached to an aromatic ring is 1. The fraction of sp³-hybridized carbons (Fsp3) is 0.519. The van der Waals surface area contributed by atoms with E-state index in [1.54, 1.807) is 16.8 Å². The van der Waals surface area contributed by atoms with Gasteiger partial charge >= 0.3 is 0 Å². The number of anilines is 1. The third-order valence-corrected chi connectivity index (χ3v) is 6.92. The van der Waals surface area contributed by atoms with E-state index in [2.05, 4.69) is 53.1 Å². The number of imidazole rings is 1. The summed E-state index contributed by atoms with van der Waals surface area (Å²) >= 11 is 0. The number of pyridine rings is 1. The number of benzene rings is 1. The van der Waals surface area contributed by atoms with Crippen molar-refractivity contribution in [1.82, 2.24) is 24.8 Å². The number of aliphatic hydroxyl groups is 2. The van der Waals surface area contributed by atoms with Gasteiger partial charge in [0.25, 0.3) is 0 Å². The Bertz CT molecular complexity index is 1210. The highest BCUT2D eigenvalue weighted by molar-refractivity contribution is 5.83. The molecule has 4 atom stereocenters. The molecule has 200 valence electrons. The number of nitrogens with two attached hydrogens (primary N) is 1. The van der Waals surface area contributed by atoms with Crippen LogP contribution in [0.1, 0.15) is 45.0 Å². The molecule has 1 aromatic carbocycles. The van der Waals surface area contributed by atoms with Crippen molar-refractivity contribution in [3.8, 4) is 0 Å². The van der Waals surface area contributed by atoms with Crippen molar-refractivity contribution < 1.29 is 19.7 Å². The van der Waals surface area contributed by atoms with Gasteiger partial charge < -0.3 is 26.0 Å². The highest BCUT2D eigenvalue weighted by Crippen LogP contribution is 2.32. The second-order valence-corrected chi connectivity index (χ2v) is 10.6. The highest BCUT2D eigenvalue weighted by Gasteiger charge is 2.44. The Hall–Kier alpha value is -3.05. The van der Waals surface area contributed by atoms with Crippen LogP contribution >= 0.6 is 0 Å². The van der Waals surface area contributed by atoms with Gasteiger partial charge in [0.1, 0.15) is 23.8 Å². The van der Waals surface area contributed by atoms with Crippen molar-refractivity contribution in [3.63, 3.8) is 0 Å². The third-order valence-electron chi connectivity index (χ3n) is 6.92. The molecule has 3 aromatic rings. The van der Waals surface area contributed by atoms with Crippen molar-refractivity contribution in [2.45, 2.75) is 64.1 Å². The lowest BCUT2D eigenvalue weighted by Crippen LogP contribution is -2.43. The molecule has 0 saturated carbocycles. The molecule has 1 fully saturated rings. The molecular formula is C27H38N6O4. The standard InChI is InChI=1S/C27H38N6O4/c1-5-32(13-12-29-21(34)14-17-6-8-18(9-7-17)27(2,3)4)15-20-23(35)24(36)26(37-20)33-16-31-22-19(28)10-11-30-25(22)33/h6-11,16,20,23-24,26,35-36H,5,12-15H2,1-4H3,(H2,28,30)(H,29,34)/t20-,23-,24-,26-/m1/s1. The maximum atomic E-state index is 12.5. The molecular weight excluding hydrogens is 472 g/mol. The number of nitrogens with zero attached hydrogens (tertiary/aromatic N) is 4. The summed E-state index contributed by atoms with van der Waals surface area (Å²) in [6.45, 7) is 10.7. The van der Waals surface area contributed by atoms with Crippen LogP contribution in [0.3, 0.4) is 0 Å². The molecule has 1 saturated heterocycles. The fourth-order valence-electron chi connectivity index (χ4n) is 4.61. The summed E-state index contributed by atoms with van der Waals surface area (Å²) in [6, 6.07) is 9.82. The van der Waals surface area contributed by atoms with Gasteiger partial charge in [-0.25, -0.2) is 9.97 Å². The van der Waals surface area contributed by atoms with Gasteiger partial charge in [-0.05, 0) is 29.2 Å². The highest BCUT2D eigenvalue weighted by atomic mass is 16.6. The van der Waals surface area contributed by atoms with Crippen LogP contribution in [0.5, 0.6) is 0 Å². The number of ether oxygens (including phenoxy) is 1. The molecule has 1 aliphatic rings. The Morgan fingerprint density at radius 3 is 2.57 bits per heavy atom. The molecule has 37 heavy (non-hydrogen) atoms. The van der Waals surface area contributed by atoms with Gasteiger partial charge in [-0.2, -0.15) is 0 Å². The number of rotatable bonds is 9. The van der Waals surface area contributed by atoms with Crippen LogP contribution in [0.25, 0.3) is 11.2 Å². The maximum absolute atomic E-state index is 12.5. The second-order valence-electron chi connectivity index (χ2n) is 10.6. The summed E-state index contributed by atoms with van der Waals surface area (Å²) in [6.07, 6.45) is -0.263. The Kier molecular flexibility index (Phi) is 8.13. The molecule has 0 radical (unpaired) electrons. The van der Waals surface area contributed by atoms with E-state index in [-0.39, 0.29) is 11.3 Å². The number of carbonyl (C=O) groups excluding carboxylic acids is 1. The number of aliphatic hydroxyl groups excluding tert-OH is 2. The van der Waals surface area contributed by atoms with Crippen LogP contribution < -0.4 is 11.1 Å². The van der Waals surface area contributed by atoms with Crippen LogP contribution in [-0.2, 0) is 21.4 Å². The lowest BCUT2D eigenvalue weighted by atomic mass is 9.86. The smallest absolute Gasteiger partial charge is 0.224 e. The molecule has 5 N–H and O–H groups in total. The van der Waals surface area contributed by atoms with Gasteiger partial charge in [-0.3, -0.25) is 14.3 Å². The van der Waals surface area contributed by atoms with E-state index in [0.29, 0.717) is 49.5 Å². The SMILES string of the molecule is CCN(CCNC(=O)Cc1ccc(C(C)(C)C)cc1)C[C@H]1O[C@@H](n2cnc3c(N)ccnc32)[C@H](O)[C@@H]1O. The van der Waals surface area contributed by atoms with E-state index in [1.807, 2.05) is 19.1 Å². The van der Waals surface area contributed by atoms with Crippen LogP contribution in [0, 0.1) is 0 Å². The van der Waals surface area contributed by atoms with E-state index in [4.69, 9.17) is 10.5 Å². The van der Waals surface area contributed by atoms with Crippen molar-refractivity contribution >= 4 is 22.8 Å². The van der Waals surface area contributed by atoms with Crippen LogP contribution in [-0.4, -0.2) is 80.0 Å². The van der Waals surface area contributed by atoms with Crippen LogP contribution in [0.15, 0.2) is 42.9 Å². The molecule has 4 rings (SSSR count). The van der Waals surface area contributed by atoms with Gasteiger partial charge in [-0.15, -0.1) is 0 Å². The molecule has 0 unspecified atom stereocenters. The minimum atomic E-state index is -1.14. The topological polar surface area (TPSA) is 139 Å². The first kappa shape index (κ1) is 27.0. The van der Waals surface area contributed by atoms with Gasteiger partial charge in [0, 0.05) is 25.8 Å². The van der Waals surface area contributed by atoms with Gasteiger partial charge in [0.05, 0.1) is 18.4 Å². The van der Waals surface area contributed by atoms with Crippen LogP contribution in [0.4, 0.5) is 5.69 Å². The Balaban J connectivity index is 1.29. The number of aromatic nitrogens is 3. The molecule has 0 bridgehead atoms. The number of amides is 1. The van der Waals surface area contributed by atoms with E-state index in [0.717, 1.165) is 5.56 Å². The molecule has 2 aromatic heterocycles. The normalized spacial score (nSPS) is 22.1. The molecule has 3 heterocycles. The number of hydrogen-bond donors (Lipinski definition) is 4. The molecule has 10 heteroatoms. The van der Waals surface area contributed by atoms with E-state index in [1.165, 1.54) is 11.9 Å². The van der Waals surface area contributed by atoms with Crippen LogP contribution in [0.2, 0.25) is 0 Å². The summed E-state index contributed by atoms with van der Waals surface area (Å²) < 4.78 is 7.66. The Morgan fingerprint density at radius 1 is 1.16 bits per heavy atom. The first-order valence-electron chi connectivity index (χ1n) is 12.8. The molecule has 0 spiro atoms. The summed E-state index contributed by atoms with van der Waals surface area (Å²) in [4.78, 5) is 23.1. The second kappa shape index (κ2) is 11.1. The third kappa shape index (κ3) is 6.10. The number of nitrogens with one attached hydrogen (secondary N) is 1. The predicted octanol–water partition coefficient (Wildman–Crippen LogP) is 1.61.